The number of carbonyl (C=O) groups excluding carboxylic acids is 1. The summed E-state index contributed by atoms with van der Waals surface area (Å²) in [5, 5.41) is 0. The Hall–Kier alpha value is -1.24. The van der Waals surface area contributed by atoms with E-state index in [2.05, 4.69) is 29.2 Å². The van der Waals surface area contributed by atoms with E-state index in [0.29, 0.717) is 11.5 Å². The van der Waals surface area contributed by atoms with E-state index < -0.39 is 6.16 Å². The standard InChI is InChI=1S/C16H19IO4/c1-3-11-9-13(17)15(14(10-11)19-2)21-16(18)20-12-7-5-4-6-8-12/h3,9-10,12H,1,4-8H2,2H3. The molecular weight excluding hydrogens is 383 g/mol. The number of rotatable bonds is 4. The molecule has 0 unspecified atom stereocenters. The van der Waals surface area contributed by atoms with Crippen LogP contribution in [0.3, 0.4) is 0 Å². The van der Waals surface area contributed by atoms with Gasteiger partial charge in [0.1, 0.15) is 6.10 Å². The van der Waals surface area contributed by atoms with Crippen LogP contribution in [-0.2, 0) is 4.74 Å². The first-order valence-corrected chi connectivity index (χ1v) is 8.10. The molecule has 1 aromatic rings. The number of hydrogen-bond acceptors (Lipinski definition) is 4. The highest BCUT2D eigenvalue weighted by atomic mass is 127. The van der Waals surface area contributed by atoms with Crippen LogP contribution in [-0.4, -0.2) is 19.4 Å². The summed E-state index contributed by atoms with van der Waals surface area (Å²) in [5.74, 6) is 0.891. The summed E-state index contributed by atoms with van der Waals surface area (Å²) >= 11 is 2.10. The van der Waals surface area contributed by atoms with Crippen molar-refractivity contribution in [2.75, 3.05) is 7.11 Å². The smallest absolute Gasteiger partial charge is 0.493 e. The van der Waals surface area contributed by atoms with Crippen molar-refractivity contribution in [3.8, 4) is 11.5 Å². The number of ether oxygens (including phenoxy) is 3. The van der Waals surface area contributed by atoms with Gasteiger partial charge in [-0.25, -0.2) is 4.79 Å². The molecule has 1 aromatic carbocycles. The lowest BCUT2D eigenvalue weighted by Crippen LogP contribution is -2.23. The normalized spacial score (nSPS) is 15.3. The van der Waals surface area contributed by atoms with Crippen molar-refractivity contribution in [3.63, 3.8) is 0 Å². The monoisotopic (exact) mass is 402 g/mol. The molecular formula is C16H19IO4. The van der Waals surface area contributed by atoms with E-state index in [-0.39, 0.29) is 6.10 Å². The molecule has 1 aliphatic carbocycles. The minimum absolute atomic E-state index is 0.0256. The van der Waals surface area contributed by atoms with E-state index in [0.717, 1.165) is 34.8 Å². The Morgan fingerprint density at radius 3 is 2.67 bits per heavy atom. The molecule has 2 rings (SSSR count). The number of methoxy groups -OCH3 is 1. The summed E-state index contributed by atoms with van der Waals surface area (Å²) in [5.41, 5.74) is 0.907. The molecule has 114 valence electrons. The fraction of sp³-hybridized carbons (Fsp3) is 0.438. The van der Waals surface area contributed by atoms with E-state index in [1.54, 1.807) is 12.1 Å². The van der Waals surface area contributed by atoms with Crippen molar-refractivity contribution < 1.29 is 19.0 Å². The molecule has 0 saturated heterocycles. The summed E-state index contributed by atoms with van der Waals surface area (Å²) in [7, 11) is 1.54. The van der Waals surface area contributed by atoms with E-state index in [9.17, 15) is 4.79 Å². The van der Waals surface area contributed by atoms with Crippen LogP contribution in [0, 0.1) is 3.57 Å². The lowest BCUT2D eigenvalue weighted by atomic mass is 9.98. The van der Waals surface area contributed by atoms with Crippen LogP contribution in [0.1, 0.15) is 37.7 Å². The molecule has 21 heavy (non-hydrogen) atoms. The third-order valence-corrected chi connectivity index (χ3v) is 4.29. The second-order valence-electron chi connectivity index (χ2n) is 4.97. The van der Waals surface area contributed by atoms with Crippen LogP contribution in [0.25, 0.3) is 6.08 Å². The van der Waals surface area contributed by atoms with Crippen LogP contribution in [0.15, 0.2) is 18.7 Å². The van der Waals surface area contributed by atoms with Gasteiger partial charge in [0.05, 0.1) is 10.7 Å². The third-order valence-electron chi connectivity index (χ3n) is 3.49. The molecule has 0 N–H and O–H groups in total. The highest BCUT2D eigenvalue weighted by Gasteiger charge is 2.21. The van der Waals surface area contributed by atoms with Crippen LogP contribution in [0.2, 0.25) is 0 Å². The zero-order chi connectivity index (χ0) is 15.2. The Morgan fingerprint density at radius 2 is 2.05 bits per heavy atom. The van der Waals surface area contributed by atoms with Crippen LogP contribution in [0.5, 0.6) is 11.5 Å². The minimum Gasteiger partial charge on any atom is -0.493 e. The Bertz CT molecular complexity index is 521. The van der Waals surface area contributed by atoms with Crippen molar-refractivity contribution in [2.24, 2.45) is 0 Å². The molecule has 0 radical (unpaired) electrons. The predicted octanol–water partition coefficient (Wildman–Crippen LogP) is 4.79. The summed E-state index contributed by atoms with van der Waals surface area (Å²) in [4.78, 5) is 11.9. The van der Waals surface area contributed by atoms with Gasteiger partial charge in [0.15, 0.2) is 11.5 Å². The van der Waals surface area contributed by atoms with Gasteiger partial charge in [-0.1, -0.05) is 19.1 Å². The number of benzene rings is 1. The maximum atomic E-state index is 11.9. The van der Waals surface area contributed by atoms with Crippen LogP contribution >= 0.6 is 22.6 Å². The van der Waals surface area contributed by atoms with E-state index in [4.69, 9.17) is 14.2 Å². The number of halogens is 1. The van der Waals surface area contributed by atoms with Gasteiger partial charge in [-0.15, -0.1) is 0 Å². The first-order valence-electron chi connectivity index (χ1n) is 7.02. The van der Waals surface area contributed by atoms with Gasteiger partial charge in [-0.2, -0.15) is 0 Å². The topological polar surface area (TPSA) is 44.8 Å². The van der Waals surface area contributed by atoms with E-state index >= 15 is 0 Å². The van der Waals surface area contributed by atoms with Crippen LogP contribution in [0.4, 0.5) is 4.79 Å². The zero-order valence-electron chi connectivity index (χ0n) is 12.1. The lowest BCUT2D eigenvalue weighted by molar-refractivity contribution is 0.0409. The molecule has 0 aromatic heterocycles. The Kier molecular flexibility index (Phi) is 5.90. The van der Waals surface area contributed by atoms with Gasteiger partial charge in [-0.3, -0.25) is 0 Å². The Balaban J connectivity index is 2.07. The van der Waals surface area contributed by atoms with E-state index in [1.165, 1.54) is 13.5 Å². The molecule has 0 spiro atoms. The predicted molar refractivity (Wildman–Crippen MR) is 89.8 cm³/mol. The fourth-order valence-corrected chi connectivity index (χ4v) is 3.12. The first-order chi connectivity index (χ1) is 10.1. The van der Waals surface area contributed by atoms with Crippen molar-refractivity contribution >= 4 is 34.8 Å². The van der Waals surface area contributed by atoms with Crippen molar-refractivity contribution in [1.29, 1.82) is 0 Å². The largest absolute Gasteiger partial charge is 0.514 e. The number of hydrogen-bond donors (Lipinski definition) is 0. The fourth-order valence-electron chi connectivity index (χ4n) is 2.38. The van der Waals surface area contributed by atoms with Gasteiger partial charge >= 0.3 is 6.16 Å². The average Bonchev–Trinajstić information content (AvgIpc) is 2.50. The van der Waals surface area contributed by atoms with Gasteiger partial charge in [0.2, 0.25) is 0 Å². The highest BCUT2D eigenvalue weighted by Crippen LogP contribution is 2.34. The zero-order valence-corrected chi connectivity index (χ0v) is 14.2. The molecule has 0 bridgehead atoms. The van der Waals surface area contributed by atoms with Crippen molar-refractivity contribution in [1.82, 2.24) is 0 Å². The van der Waals surface area contributed by atoms with Crippen molar-refractivity contribution in [3.05, 3.63) is 27.8 Å². The van der Waals surface area contributed by atoms with Gasteiger partial charge in [0, 0.05) is 0 Å². The highest BCUT2D eigenvalue weighted by molar-refractivity contribution is 14.1. The molecule has 0 heterocycles. The summed E-state index contributed by atoms with van der Waals surface area (Å²) in [6, 6.07) is 3.65. The molecule has 0 amide bonds. The minimum atomic E-state index is -0.663. The summed E-state index contributed by atoms with van der Waals surface area (Å²) in [6.45, 7) is 3.72. The first kappa shape index (κ1) is 16.1. The summed E-state index contributed by atoms with van der Waals surface area (Å²) in [6.07, 6.45) is 6.28. The number of carbonyl (C=O) groups is 1. The lowest BCUT2D eigenvalue weighted by Gasteiger charge is -2.21. The maximum absolute atomic E-state index is 11.9. The average molecular weight is 402 g/mol. The van der Waals surface area contributed by atoms with Crippen LogP contribution < -0.4 is 9.47 Å². The van der Waals surface area contributed by atoms with Gasteiger partial charge in [-0.05, 0) is 66.0 Å². The maximum Gasteiger partial charge on any atom is 0.514 e. The molecule has 1 fully saturated rings. The second-order valence-corrected chi connectivity index (χ2v) is 6.13. The SMILES string of the molecule is C=Cc1cc(I)c(OC(=O)OC2CCCCC2)c(OC)c1. The Labute approximate surface area is 138 Å². The Morgan fingerprint density at radius 1 is 1.33 bits per heavy atom. The molecule has 4 nitrogen and oxygen atoms in total. The van der Waals surface area contributed by atoms with E-state index in [1.807, 2.05) is 6.07 Å². The van der Waals surface area contributed by atoms with Gasteiger partial charge in [0.25, 0.3) is 0 Å². The molecule has 1 saturated carbocycles. The summed E-state index contributed by atoms with van der Waals surface area (Å²) < 4.78 is 16.8. The molecule has 0 aliphatic heterocycles. The molecule has 5 heteroatoms. The quantitative estimate of drug-likeness (QED) is 0.413. The second kappa shape index (κ2) is 7.68. The van der Waals surface area contributed by atoms with Crippen molar-refractivity contribution in [2.45, 2.75) is 38.2 Å². The molecule has 1 aliphatic rings. The van der Waals surface area contributed by atoms with Gasteiger partial charge < -0.3 is 14.2 Å². The molecule has 0 atom stereocenters. The third kappa shape index (κ3) is 4.36.